The minimum Gasteiger partial charge on any atom is -0.481 e. The Kier molecular flexibility index (Phi) is 4.19. The lowest BCUT2D eigenvalue weighted by Gasteiger charge is -2.11. The summed E-state index contributed by atoms with van der Waals surface area (Å²) in [6, 6.07) is 3.81. The zero-order valence-electron chi connectivity index (χ0n) is 10.4. The van der Waals surface area contributed by atoms with E-state index in [9.17, 15) is 8.42 Å². The molecule has 1 aliphatic heterocycles. The molecule has 1 aromatic heterocycles. The van der Waals surface area contributed by atoms with Gasteiger partial charge in [-0.3, -0.25) is 0 Å². The van der Waals surface area contributed by atoms with E-state index in [-0.39, 0.29) is 5.92 Å². The lowest BCUT2D eigenvalue weighted by atomic mass is 10.1. The third kappa shape index (κ3) is 3.43. The summed E-state index contributed by atoms with van der Waals surface area (Å²) in [5.74, 6) is 1.49. The summed E-state index contributed by atoms with van der Waals surface area (Å²) in [5, 5.41) is 3.27. The Morgan fingerprint density at radius 1 is 1.56 bits per heavy atom. The number of ether oxygens (including phenoxy) is 1. The van der Waals surface area contributed by atoms with Crippen LogP contribution in [0.5, 0.6) is 5.88 Å². The van der Waals surface area contributed by atoms with Crippen LogP contribution in [0.4, 0.5) is 0 Å². The Labute approximate surface area is 107 Å². The van der Waals surface area contributed by atoms with Crippen molar-refractivity contribution in [2.45, 2.75) is 13.0 Å². The second kappa shape index (κ2) is 5.67. The molecule has 100 valence electrons. The van der Waals surface area contributed by atoms with E-state index in [0.29, 0.717) is 23.9 Å². The number of pyridine rings is 1. The number of sulfone groups is 1. The van der Waals surface area contributed by atoms with Gasteiger partial charge in [0.25, 0.3) is 0 Å². The predicted molar refractivity (Wildman–Crippen MR) is 69.3 cm³/mol. The van der Waals surface area contributed by atoms with Crippen LogP contribution in [0, 0.1) is 5.92 Å². The number of hydrogen-bond donors (Lipinski definition) is 1. The van der Waals surface area contributed by atoms with Gasteiger partial charge in [0.05, 0.1) is 18.6 Å². The fraction of sp³-hybridized carbons (Fsp3) is 0.583. The monoisotopic (exact) mass is 270 g/mol. The molecule has 1 aliphatic rings. The van der Waals surface area contributed by atoms with Gasteiger partial charge in [-0.05, 0) is 24.9 Å². The lowest BCUT2D eigenvalue weighted by molar-refractivity contribution is 0.389. The molecule has 0 saturated carbocycles. The number of hydrogen-bond acceptors (Lipinski definition) is 5. The Morgan fingerprint density at radius 3 is 3.06 bits per heavy atom. The van der Waals surface area contributed by atoms with Gasteiger partial charge in [-0.25, -0.2) is 13.4 Å². The van der Waals surface area contributed by atoms with Gasteiger partial charge in [-0.2, -0.15) is 0 Å². The van der Waals surface area contributed by atoms with E-state index in [2.05, 4.69) is 10.3 Å². The fourth-order valence-corrected chi connectivity index (χ4v) is 4.05. The minimum absolute atomic E-state index is 0.234. The molecule has 6 heteroatoms. The Morgan fingerprint density at radius 2 is 2.39 bits per heavy atom. The smallest absolute Gasteiger partial charge is 0.217 e. The molecule has 0 radical (unpaired) electrons. The van der Waals surface area contributed by atoms with E-state index in [4.69, 9.17) is 4.74 Å². The molecule has 0 spiro atoms. The molecule has 1 fully saturated rings. The molecule has 5 nitrogen and oxygen atoms in total. The van der Waals surface area contributed by atoms with Gasteiger partial charge in [0.15, 0.2) is 9.84 Å². The van der Waals surface area contributed by atoms with Gasteiger partial charge in [0.2, 0.25) is 5.88 Å². The highest BCUT2D eigenvalue weighted by molar-refractivity contribution is 7.91. The molecule has 0 aromatic carbocycles. The standard InChI is InChI=1S/C12H18N2O3S/c1-17-12-11(3-2-5-14-12)8-13-7-10-4-6-18(15,16)9-10/h2-3,5,10,13H,4,6-9H2,1H3. The van der Waals surface area contributed by atoms with Crippen LogP contribution in [0.25, 0.3) is 0 Å². The average molecular weight is 270 g/mol. The summed E-state index contributed by atoms with van der Waals surface area (Å²) in [4.78, 5) is 4.11. The van der Waals surface area contributed by atoms with Crippen molar-refractivity contribution in [2.24, 2.45) is 5.92 Å². The Hall–Kier alpha value is -1.14. The number of nitrogens with one attached hydrogen (secondary N) is 1. The van der Waals surface area contributed by atoms with Gasteiger partial charge < -0.3 is 10.1 Å². The summed E-state index contributed by atoms with van der Waals surface area (Å²) < 4.78 is 27.8. The van der Waals surface area contributed by atoms with Crippen molar-refractivity contribution < 1.29 is 13.2 Å². The van der Waals surface area contributed by atoms with Crippen LogP contribution in [-0.2, 0) is 16.4 Å². The first kappa shape index (κ1) is 13.3. The van der Waals surface area contributed by atoms with Crippen LogP contribution in [0.3, 0.4) is 0 Å². The van der Waals surface area contributed by atoms with Crippen LogP contribution in [-0.4, -0.2) is 38.6 Å². The van der Waals surface area contributed by atoms with Gasteiger partial charge in [0.1, 0.15) is 0 Å². The van der Waals surface area contributed by atoms with Crippen LogP contribution in [0.2, 0.25) is 0 Å². The summed E-state index contributed by atoms with van der Waals surface area (Å²) in [6.45, 7) is 1.37. The van der Waals surface area contributed by atoms with Crippen molar-refractivity contribution in [3.05, 3.63) is 23.9 Å². The molecule has 1 saturated heterocycles. The first-order valence-electron chi connectivity index (χ1n) is 6.00. The molecule has 0 amide bonds. The van der Waals surface area contributed by atoms with Crippen molar-refractivity contribution >= 4 is 9.84 Å². The zero-order valence-corrected chi connectivity index (χ0v) is 11.2. The van der Waals surface area contributed by atoms with Crippen molar-refractivity contribution in [3.8, 4) is 5.88 Å². The maximum atomic E-state index is 11.3. The van der Waals surface area contributed by atoms with Crippen molar-refractivity contribution in [2.75, 3.05) is 25.2 Å². The third-order valence-electron chi connectivity index (χ3n) is 3.12. The molecule has 1 atom stereocenters. The molecule has 18 heavy (non-hydrogen) atoms. The largest absolute Gasteiger partial charge is 0.481 e. The highest BCUT2D eigenvalue weighted by Crippen LogP contribution is 2.18. The minimum atomic E-state index is -2.78. The highest BCUT2D eigenvalue weighted by atomic mass is 32.2. The Balaban J connectivity index is 1.82. The maximum Gasteiger partial charge on any atom is 0.217 e. The van der Waals surface area contributed by atoms with Crippen LogP contribution in [0.15, 0.2) is 18.3 Å². The summed E-state index contributed by atoms with van der Waals surface area (Å²) >= 11 is 0. The number of methoxy groups -OCH3 is 1. The average Bonchev–Trinajstić information content (AvgIpc) is 2.69. The van der Waals surface area contributed by atoms with Gasteiger partial charge >= 0.3 is 0 Å². The molecule has 1 N–H and O–H groups in total. The van der Waals surface area contributed by atoms with Crippen molar-refractivity contribution in [1.29, 1.82) is 0 Å². The quantitative estimate of drug-likeness (QED) is 0.849. The van der Waals surface area contributed by atoms with E-state index in [1.165, 1.54) is 0 Å². The van der Waals surface area contributed by atoms with Crippen LogP contribution >= 0.6 is 0 Å². The van der Waals surface area contributed by atoms with E-state index >= 15 is 0 Å². The molecule has 1 aromatic rings. The van der Waals surface area contributed by atoms with E-state index < -0.39 is 9.84 Å². The van der Waals surface area contributed by atoms with Gasteiger partial charge in [-0.15, -0.1) is 0 Å². The predicted octanol–water partition coefficient (Wildman–Crippen LogP) is 0.614. The third-order valence-corrected chi connectivity index (χ3v) is 4.96. The highest BCUT2D eigenvalue weighted by Gasteiger charge is 2.27. The molecule has 1 unspecified atom stereocenters. The number of rotatable bonds is 5. The van der Waals surface area contributed by atoms with Gasteiger partial charge in [0, 0.05) is 18.3 Å². The zero-order chi connectivity index (χ0) is 13.0. The molecule has 2 rings (SSSR count). The molecule has 0 aliphatic carbocycles. The topological polar surface area (TPSA) is 68.3 Å². The van der Waals surface area contributed by atoms with Crippen LogP contribution in [0.1, 0.15) is 12.0 Å². The fourth-order valence-electron chi connectivity index (χ4n) is 2.19. The summed E-state index contributed by atoms with van der Waals surface area (Å²) in [6.07, 6.45) is 2.45. The molecular weight excluding hydrogens is 252 g/mol. The Bertz CT molecular complexity index is 502. The number of nitrogens with zero attached hydrogens (tertiary/aromatic N) is 1. The SMILES string of the molecule is COc1ncccc1CNCC1CCS(=O)(=O)C1. The second-order valence-corrected chi connectivity index (χ2v) is 6.80. The van der Waals surface area contributed by atoms with Crippen LogP contribution < -0.4 is 10.1 Å². The summed E-state index contributed by atoms with van der Waals surface area (Å²) in [5.41, 5.74) is 0.987. The second-order valence-electron chi connectivity index (χ2n) is 4.57. The lowest BCUT2D eigenvalue weighted by Crippen LogP contribution is -2.23. The number of aromatic nitrogens is 1. The van der Waals surface area contributed by atoms with E-state index in [1.807, 2.05) is 12.1 Å². The van der Waals surface area contributed by atoms with Crippen molar-refractivity contribution in [1.82, 2.24) is 10.3 Å². The summed E-state index contributed by atoms with van der Waals surface area (Å²) in [7, 11) is -1.19. The molecule has 0 bridgehead atoms. The van der Waals surface area contributed by atoms with E-state index in [0.717, 1.165) is 18.5 Å². The van der Waals surface area contributed by atoms with E-state index in [1.54, 1.807) is 13.3 Å². The van der Waals surface area contributed by atoms with Crippen molar-refractivity contribution in [3.63, 3.8) is 0 Å². The first-order valence-corrected chi connectivity index (χ1v) is 7.82. The maximum absolute atomic E-state index is 11.3. The normalized spacial score (nSPS) is 21.9. The van der Waals surface area contributed by atoms with Gasteiger partial charge in [-0.1, -0.05) is 6.07 Å². The molecule has 2 heterocycles. The first-order chi connectivity index (χ1) is 8.61. The molecular formula is C12H18N2O3S.